The normalized spacial score (nSPS) is 30.1. The molecule has 2 aliphatic rings. The summed E-state index contributed by atoms with van der Waals surface area (Å²) in [4.78, 5) is 11.2. The van der Waals surface area contributed by atoms with Crippen LogP contribution in [0.3, 0.4) is 0 Å². The molecule has 5 nitrogen and oxygen atoms in total. The Morgan fingerprint density at radius 3 is 3.00 bits per heavy atom. The number of aromatic nitrogens is 2. The first-order valence-electron chi connectivity index (χ1n) is 7.40. The van der Waals surface area contributed by atoms with E-state index in [9.17, 15) is 0 Å². The Labute approximate surface area is 120 Å². The van der Waals surface area contributed by atoms with Gasteiger partial charge in [-0.3, -0.25) is 0 Å². The van der Waals surface area contributed by atoms with Gasteiger partial charge in [0, 0.05) is 32.0 Å². The molecule has 0 amide bonds. The lowest BCUT2D eigenvalue weighted by Gasteiger charge is -2.44. The molecule has 3 rings (SSSR count). The van der Waals surface area contributed by atoms with E-state index in [-0.39, 0.29) is 5.60 Å². The highest BCUT2D eigenvalue weighted by atomic mass is 16.5. The van der Waals surface area contributed by atoms with Crippen molar-refractivity contribution in [3.8, 4) is 0 Å². The minimum Gasteiger partial charge on any atom is -0.384 e. The summed E-state index contributed by atoms with van der Waals surface area (Å²) in [5.41, 5.74) is 1.03. The Hall–Kier alpha value is -1.20. The number of methoxy groups -OCH3 is 1. The van der Waals surface area contributed by atoms with Crippen molar-refractivity contribution in [1.82, 2.24) is 9.97 Å². The third-order valence-corrected chi connectivity index (χ3v) is 4.52. The van der Waals surface area contributed by atoms with Crippen LogP contribution >= 0.6 is 0 Å². The molecule has 1 aromatic rings. The van der Waals surface area contributed by atoms with E-state index in [1.807, 2.05) is 19.3 Å². The average molecular weight is 277 g/mol. The average Bonchev–Trinajstić information content (AvgIpc) is 2.83. The SMILES string of the molecule is COC[C@@H]1CCC[C@@]12CN(c1ncc(C)cn1)CCO2. The van der Waals surface area contributed by atoms with Crippen molar-refractivity contribution >= 4 is 5.95 Å². The lowest BCUT2D eigenvalue weighted by atomic mass is 9.89. The summed E-state index contributed by atoms with van der Waals surface area (Å²) in [5, 5.41) is 0. The van der Waals surface area contributed by atoms with E-state index >= 15 is 0 Å². The van der Waals surface area contributed by atoms with Crippen LogP contribution in [0, 0.1) is 12.8 Å². The van der Waals surface area contributed by atoms with Gasteiger partial charge in [0.25, 0.3) is 0 Å². The fourth-order valence-electron chi connectivity index (χ4n) is 3.48. The number of hydrogen-bond donors (Lipinski definition) is 0. The third-order valence-electron chi connectivity index (χ3n) is 4.52. The quantitative estimate of drug-likeness (QED) is 0.843. The lowest BCUT2D eigenvalue weighted by Crippen LogP contribution is -2.55. The highest BCUT2D eigenvalue weighted by Gasteiger charge is 2.47. The minimum absolute atomic E-state index is 0.0670. The molecule has 1 saturated carbocycles. The summed E-state index contributed by atoms with van der Waals surface area (Å²) in [6, 6.07) is 0. The van der Waals surface area contributed by atoms with E-state index in [2.05, 4.69) is 14.9 Å². The topological polar surface area (TPSA) is 47.5 Å². The summed E-state index contributed by atoms with van der Waals surface area (Å²) >= 11 is 0. The maximum Gasteiger partial charge on any atom is 0.225 e. The molecule has 0 bridgehead atoms. The molecule has 1 saturated heterocycles. The van der Waals surface area contributed by atoms with Gasteiger partial charge in [-0.25, -0.2) is 9.97 Å². The van der Waals surface area contributed by atoms with Gasteiger partial charge in [-0.2, -0.15) is 0 Å². The van der Waals surface area contributed by atoms with Crippen LogP contribution in [0.5, 0.6) is 0 Å². The Bertz CT molecular complexity index is 451. The van der Waals surface area contributed by atoms with Crippen LogP contribution in [0.4, 0.5) is 5.95 Å². The van der Waals surface area contributed by atoms with E-state index < -0.39 is 0 Å². The molecule has 1 spiro atoms. The van der Waals surface area contributed by atoms with Crippen LogP contribution in [0.1, 0.15) is 24.8 Å². The van der Waals surface area contributed by atoms with Crippen molar-refractivity contribution in [2.24, 2.45) is 5.92 Å². The molecular formula is C15H23N3O2. The highest BCUT2D eigenvalue weighted by molar-refractivity contribution is 5.32. The van der Waals surface area contributed by atoms with E-state index in [0.29, 0.717) is 5.92 Å². The second kappa shape index (κ2) is 5.66. The first-order valence-corrected chi connectivity index (χ1v) is 7.40. The molecule has 2 heterocycles. The molecule has 1 aromatic heterocycles. The van der Waals surface area contributed by atoms with Gasteiger partial charge in [0.1, 0.15) is 0 Å². The Morgan fingerprint density at radius 2 is 2.25 bits per heavy atom. The predicted octanol–water partition coefficient (Wildman–Crippen LogP) is 1.81. The number of nitrogens with zero attached hydrogens (tertiary/aromatic N) is 3. The molecule has 110 valence electrons. The van der Waals surface area contributed by atoms with Crippen LogP contribution in [0.2, 0.25) is 0 Å². The van der Waals surface area contributed by atoms with Gasteiger partial charge in [0.15, 0.2) is 0 Å². The molecule has 0 aromatic carbocycles. The second-order valence-electron chi connectivity index (χ2n) is 5.94. The number of rotatable bonds is 3. The summed E-state index contributed by atoms with van der Waals surface area (Å²) in [5.74, 6) is 1.31. The summed E-state index contributed by atoms with van der Waals surface area (Å²) < 4.78 is 11.6. The van der Waals surface area contributed by atoms with E-state index in [4.69, 9.17) is 9.47 Å². The zero-order valence-electron chi connectivity index (χ0n) is 12.3. The molecule has 0 unspecified atom stereocenters. The molecular weight excluding hydrogens is 254 g/mol. The molecule has 2 atom stereocenters. The first kappa shape index (κ1) is 13.8. The number of morpholine rings is 1. The molecule has 1 aliphatic heterocycles. The van der Waals surface area contributed by atoms with Crippen LogP contribution in [-0.2, 0) is 9.47 Å². The first-order chi connectivity index (χ1) is 9.73. The fraction of sp³-hybridized carbons (Fsp3) is 0.733. The van der Waals surface area contributed by atoms with Gasteiger partial charge >= 0.3 is 0 Å². The fourth-order valence-corrected chi connectivity index (χ4v) is 3.48. The van der Waals surface area contributed by atoms with E-state index in [0.717, 1.165) is 44.2 Å². The standard InChI is InChI=1S/C15H23N3O2/c1-12-8-16-14(17-9-12)18-6-7-20-15(11-18)5-3-4-13(15)10-19-2/h8-9,13H,3-7,10-11H2,1-2H3/t13-,15+/m0/s1. The third kappa shape index (κ3) is 2.52. The van der Waals surface area contributed by atoms with Crippen molar-refractivity contribution in [3.05, 3.63) is 18.0 Å². The van der Waals surface area contributed by atoms with Crippen molar-refractivity contribution in [3.63, 3.8) is 0 Å². The molecule has 1 aliphatic carbocycles. The van der Waals surface area contributed by atoms with Crippen molar-refractivity contribution in [1.29, 1.82) is 0 Å². The highest BCUT2D eigenvalue weighted by Crippen LogP contribution is 2.41. The maximum atomic E-state index is 6.19. The van der Waals surface area contributed by atoms with Crippen molar-refractivity contribution in [2.75, 3.05) is 38.3 Å². The van der Waals surface area contributed by atoms with Crippen molar-refractivity contribution in [2.45, 2.75) is 31.8 Å². The molecule has 2 fully saturated rings. The zero-order valence-corrected chi connectivity index (χ0v) is 12.3. The van der Waals surface area contributed by atoms with Gasteiger partial charge in [0.2, 0.25) is 5.95 Å². The van der Waals surface area contributed by atoms with E-state index in [1.54, 1.807) is 7.11 Å². The van der Waals surface area contributed by atoms with Crippen LogP contribution in [0.15, 0.2) is 12.4 Å². The van der Waals surface area contributed by atoms with Gasteiger partial charge < -0.3 is 14.4 Å². The smallest absolute Gasteiger partial charge is 0.225 e. The van der Waals surface area contributed by atoms with E-state index in [1.165, 1.54) is 12.8 Å². The summed E-state index contributed by atoms with van der Waals surface area (Å²) in [7, 11) is 1.77. The maximum absolute atomic E-state index is 6.19. The van der Waals surface area contributed by atoms with Crippen LogP contribution in [0.25, 0.3) is 0 Å². The largest absolute Gasteiger partial charge is 0.384 e. The van der Waals surface area contributed by atoms with Crippen molar-refractivity contribution < 1.29 is 9.47 Å². The van der Waals surface area contributed by atoms with Gasteiger partial charge in [-0.1, -0.05) is 6.42 Å². The van der Waals surface area contributed by atoms with Crippen LogP contribution in [-0.4, -0.2) is 49.0 Å². The Morgan fingerprint density at radius 1 is 1.45 bits per heavy atom. The van der Waals surface area contributed by atoms with Crippen LogP contribution < -0.4 is 4.90 Å². The number of aryl methyl sites for hydroxylation is 1. The molecule has 20 heavy (non-hydrogen) atoms. The van der Waals surface area contributed by atoms with Gasteiger partial charge in [-0.15, -0.1) is 0 Å². The molecule has 5 heteroatoms. The summed E-state index contributed by atoms with van der Waals surface area (Å²) in [6.45, 7) is 5.28. The number of ether oxygens (including phenoxy) is 2. The Balaban J connectivity index is 1.77. The minimum atomic E-state index is -0.0670. The molecule has 0 N–H and O–H groups in total. The summed E-state index contributed by atoms with van der Waals surface area (Å²) in [6.07, 6.45) is 7.29. The Kier molecular flexibility index (Phi) is 3.89. The predicted molar refractivity (Wildman–Crippen MR) is 76.9 cm³/mol. The van der Waals surface area contributed by atoms with Gasteiger partial charge in [0.05, 0.1) is 25.4 Å². The number of hydrogen-bond acceptors (Lipinski definition) is 5. The van der Waals surface area contributed by atoms with Gasteiger partial charge in [-0.05, 0) is 25.3 Å². The zero-order chi connectivity index (χ0) is 14.0. The lowest BCUT2D eigenvalue weighted by molar-refractivity contribution is -0.0954. The second-order valence-corrected chi connectivity index (χ2v) is 5.94. The number of anilines is 1. The molecule has 0 radical (unpaired) electrons. The monoisotopic (exact) mass is 277 g/mol.